The van der Waals surface area contributed by atoms with Crippen LogP contribution in [-0.4, -0.2) is 5.78 Å². The van der Waals surface area contributed by atoms with Gasteiger partial charge in [0.25, 0.3) is 0 Å². The largest absolute Gasteiger partial charge is 0.456 e. The summed E-state index contributed by atoms with van der Waals surface area (Å²) in [5, 5.41) is 12.2. The number of carbonyl (C=O) groups is 1. The van der Waals surface area contributed by atoms with Crippen LogP contribution in [-0.2, 0) is 0 Å². The summed E-state index contributed by atoms with van der Waals surface area (Å²) >= 11 is 0. The van der Waals surface area contributed by atoms with Gasteiger partial charge in [0, 0.05) is 22.3 Å². The SMILES string of the molecule is O=Nc1cc(N=O)c2c(c1)C(=O)c1cc(N=O)cc(N=O)c1-2.O=c1c2ccccc2oc2ccccc12. The zero-order valence-electron chi connectivity index (χ0n) is 18.6. The minimum absolute atomic E-state index is 0.00495. The maximum atomic E-state index is 12.4. The number of hydrogen-bond acceptors (Lipinski definition) is 11. The van der Waals surface area contributed by atoms with E-state index in [1.165, 1.54) is 12.1 Å². The lowest BCUT2D eigenvalue weighted by Crippen LogP contribution is -2.01. The summed E-state index contributed by atoms with van der Waals surface area (Å²) in [7, 11) is 0. The molecule has 37 heavy (non-hydrogen) atoms. The van der Waals surface area contributed by atoms with Crippen LogP contribution < -0.4 is 5.43 Å². The molecule has 0 amide bonds. The molecule has 1 aliphatic carbocycles. The first kappa shape index (κ1) is 23.2. The number of benzene rings is 4. The lowest BCUT2D eigenvalue weighted by atomic mass is 10.0. The van der Waals surface area contributed by atoms with Gasteiger partial charge in [0.15, 0.2) is 5.78 Å². The number of carbonyl (C=O) groups excluding carboxylic acids is 1. The number of para-hydroxylation sites is 2. The van der Waals surface area contributed by atoms with Gasteiger partial charge in [-0.3, -0.25) is 9.59 Å². The third kappa shape index (κ3) is 3.80. The summed E-state index contributed by atoms with van der Waals surface area (Å²) in [5.41, 5.74) is 0.766. The summed E-state index contributed by atoms with van der Waals surface area (Å²) in [6.45, 7) is 0. The van der Waals surface area contributed by atoms with E-state index in [-0.39, 0.29) is 50.4 Å². The van der Waals surface area contributed by atoms with Crippen molar-refractivity contribution in [1.29, 1.82) is 0 Å². The Balaban J connectivity index is 0.000000162. The molecule has 1 aliphatic rings. The standard InChI is InChI=1S/C13H4N4O5.C13H8O2/c18-13-7-1-5(14-19)3-9(16-21)11(7)12-8(13)2-6(15-20)4-10(12)17-22;14-13-9-5-1-3-7-11(9)15-12-8-4-2-6-10(12)13/h1-4H;1-8H. The average Bonchev–Trinajstić information content (AvgIpc) is 3.24. The fourth-order valence-electron chi connectivity index (χ4n) is 4.25. The van der Waals surface area contributed by atoms with Gasteiger partial charge in [-0.1, -0.05) is 24.3 Å². The fourth-order valence-corrected chi connectivity index (χ4v) is 4.25. The van der Waals surface area contributed by atoms with Crippen LogP contribution in [0.2, 0.25) is 0 Å². The van der Waals surface area contributed by atoms with E-state index in [2.05, 4.69) is 20.7 Å². The molecule has 0 N–H and O–H groups in total. The molecule has 0 bridgehead atoms. The van der Waals surface area contributed by atoms with E-state index < -0.39 is 5.78 Å². The van der Waals surface area contributed by atoms with Crippen molar-refractivity contribution in [1.82, 2.24) is 0 Å². The Morgan fingerprint density at radius 2 is 0.973 bits per heavy atom. The highest BCUT2D eigenvalue weighted by molar-refractivity contribution is 6.25. The van der Waals surface area contributed by atoms with Crippen LogP contribution in [0.15, 0.2) is 103 Å². The maximum absolute atomic E-state index is 12.4. The van der Waals surface area contributed by atoms with E-state index in [0.29, 0.717) is 21.9 Å². The van der Waals surface area contributed by atoms with Crippen molar-refractivity contribution in [3.8, 4) is 11.1 Å². The van der Waals surface area contributed by atoms with Crippen LogP contribution in [0.4, 0.5) is 22.7 Å². The molecule has 0 atom stereocenters. The molecule has 1 aromatic heterocycles. The van der Waals surface area contributed by atoms with Gasteiger partial charge >= 0.3 is 0 Å². The third-order valence-electron chi connectivity index (χ3n) is 5.83. The minimum Gasteiger partial charge on any atom is -0.456 e. The van der Waals surface area contributed by atoms with E-state index in [4.69, 9.17) is 4.42 Å². The Morgan fingerprint density at radius 3 is 1.38 bits per heavy atom. The van der Waals surface area contributed by atoms with Gasteiger partial charge in [0.05, 0.1) is 10.8 Å². The smallest absolute Gasteiger partial charge is 0.200 e. The van der Waals surface area contributed by atoms with Gasteiger partial charge in [-0.2, -0.15) is 0 Å². The van der Waals surface area contributed by atoms with Gasteiger partial charge in [0.2, 0.25) is 5.43 Å². The average molecular weight is 492 g/mol. The van der Waals surface area contributed by atoms with E-state index in [9.17, 15) is 29.2 Å². The van der Waals surface area contributed by atoms with Crippen LogP contribution in [0.3, 0.4) is 0 Å². The van der Waals surface area contributed by atoms with Crippen molar-refractivity contribution in [2.45, 2.75) is 0 Å². The summed E-state index contributed by atoms with van der Waals surface area (Å²) in [6, 6.07) is 19.2. The maximum Gasteiger partial charge on any atom is 0.200 e. The Kier molecular flexibility index (Phi) is 5.78. The summed E-state index contributed by atoms with van der Waals surface area (Å²) in [4.78, 5) is 67.7. The summed E-state index contributed by atoms with van der Waals surface area (Å²) in [5.74, 6) is -0.573. The molecular weight excluding hydrogens is 480 g/mol. The molecule has 0 aliphatic heterocycles. The van der Waals surface area contributed by atoms with E-state index >= 15 is 0 Å². The van der Waals surface area contributed by atoms with E-state index in [1.807, 2.05) is 36.4 Å². The van der Waals surface area contributed by atoms with Crippen molar-refractivity contribution in [3.05, 3.63) is 114 Å². The van der Waals surface area contributed by atoms with Crippen molar-refractivity contribution in [3.63, 3.8) is 0 Å². The van der Waals surface area contributed by atoms with Crippen LogP contribution in [0, 0.1) is 19.6 Å². The molecule has 0 saturated heterocycles. The highest BCUT2D eigenvalue weighted by Gasteiger charge is 2.34. The molecule has 0 spiro atoms. The molecule has 0 radical (unpaired) electrons. The van der Waals surface area contributed by atoms with Crippen molar-refractivity contribution >= 4 is 50.5 Å². The van der Waals surface area contributed by atoms with Crippen LogP contribution in [0.25, 0.3) is 33.1 Å². The Labute approximate surface area is 205 Å². The number of nitroso groups, excluding NO2 is 4. The van der Waals surface area contributed by atoms with Gasteiger partial charge in [0.1, 0.15) is 33.9 Å². The highest BCUT2D eigenvalue weighted by Crippen LogP contribution is 2.50. The molecule has 1 heterocycles. The number of hydrogen-bond donors (Lipinski definition) is 0. The van der Waals surface area contributed by atoms with Gasteiger partial charge < -0.3 is 4.42 Å². The Hall–Kier alpha value is -5.58. The molecule has 11 nitrogen and oxygen atoms in total. The first-order valence-electron chi connectivity index (χ1n) is 10.7. The van der Waals surface area contributed by atoms with Gasteiger partial charge in [-0.15, -0.1) is 19.6 Å². The quantitative estimate of drug-likeness (QED) is 0.182. The van der Waals surface area contributed by atoms with Gasteiger partial charge in [-0.05, 0) is 69.2 Å². The molecule has 0 unspecified atom stereocenters. The first-order chi connectivity index (χ1) is 18.0. The van der Waals surface area contributed by atoms with Crippen LogP contribution in [0.1, 0.15) is 15.9 Å². The predicted octanol–water partition coefficient (Wildman–Crippen LogP) is 7.44. The third-order valence-corrected chi connectivity index (χ3v) is 5.83. The number of fused-ring (bicyclic) bond motifs is 5. The van der Waals surface area contributed by atoms with Crippen LogP contribution in [0.5, 0.6) is 0 Å². The van der Waals surface area contributed by atoms with E-state index in [0.717, 1.165) is 12.1 Å². The minimum atomic E-state index is -0.573. The monoisotopic (exact) mass is 492 g/mol. The summed E-state index contributed by atoms with van der Waals surface area (Å²) in [6.07, 6.45) is 0. The zero-order chi connectivity index (χ0) is 26.1. The van der Waals surface area contributed by atoms with Crippen molar-refractivity contribution in [2.75, 3.05) is 0 Å². The fraction of sp³-hybridized carbons (Fsp3) is 0. The molecule has 5 aromatic rings. The number of nitrogens with zero attached hydrogens (tertiary/aromatic N) is 4. The molecule has 0 fully saturated rings. The Morgan fingerprint density at radius 1 is 0.541 bits per heavy atom. The number of ketones is 1. The number of rotatable bonds is 4. The van der Waals surface area contributed by atoms with Crippen LogP contribution >= 0.6 is 0 Å². The van der Waals surface area contributed by atoms with Crippen molar-refractivity contribution < 1.29 is 9.21 Å². The molecule has 4 aromatic carbocycles. The molecule has 6 rings (SSSR count). The topological polar surface area (TPSA) is 165 Å². The Bertz CT molecular complexity index is 1730. The lowest BCUT2D eigenvalue weighted by Gasteiger charge is -2.05. The molecular formula is C26H12N4O7. The highest BCUT2D eigenvalue weighted by atomic mass is 16.3. The lowest BCUT2D eigenvalue weighted by molar-refractivity contribution is 0.104. The second-order valence-corrected chi connectivity index (χ2v) is 7.89. The first-order valence-corrected chi connectivity index (χ1v) is 10.7. The molecule has 0 saturated carbocycles. The molecule has 178 valence electrons. The second kappa shape index (κ2) is 9.23. The normalized spacial score (nSPS) is 11.3. The summed E-state index contributed by atoms with van der Waals surface area (Å²) < 4.78 is 5.63. The second-order valence-electron chi connectivity index (χ2n) is 7.89. The van der Waals surface area contributed by atoms with Gasteiger partial charge in [-0.25, -0.2) is 0 Å². The predicted molar refractivity (Wildman–Crippen MR) is 137 cm³/mol. The molecule has 11 heteroatoms. The van der Waals surface area contributed by atoms with Crippen molar-refractivity contribution in [2.24, 2.45) is 20.7 Å². The van der Waals surface area contributed by atoms with E-state index in [1.54, 1.807) is 12.1 Å². The zero-order valence-corrected chi connectivity index (χ0v) is 18.6.